The molecule has 2 heterocycles. The summed E-state index contributed by atoms with van der Waals surface area (Å²) in [5.74, 6) is -4.91. The number of aliphatic hydroxyl groups is 2. The van der Waals surface area contributed by atoms with Gasteiger partial charge >= 0.3 is 0 Å². The third kappa shape index (κ3) is 31.2. The van der Waals surface area contributed by atoms with Crippen LogP contribution in [0.4, 0.5) is 0 Å². The molecule has 26 N–H and O–H groups in total. The van der Waals surface area contributed by atoms with Crippen molar-refractivity contribution in [1.29, 1.82) is 0 Å². The van der Waals surface area contributed by atoms with Crippen molar-refractivity contribution < 1.29 is 67.7 Å². The summed E-state index contributed by atoms with van der Waals surface area (Å²) in [5.41, 5.74) is 31.8. The molecule has 33 heteroatoms. The van der Waals surface area contributed by atoms with Crippen molar-refractivity contribution >= 4 is 70.9 Å². The Morgan fingerprint density at radius 1 is 0.565 bits per heavy atom. The first-order chi connectivity index (χ1) is 43.5. The lowest BCUT2D eigenvalue weighted by atomic mass is 9.99. The maximum absolute atomic E-state index is 14.4. The van der Waals surface area contributed by atoms with Crippen LogP contribution >= 0.6 is 0 Å². The fourth-order valence-electron chi connectivity index (χ4n) is 9.35. The molecule has 0 saturated carbocycles. The molecule has 0 bridgehead atoms. The summed E-state index contributed by atoms with van der Waals surface area (Å²) in [5, 5.41) is 49.5. The number of hydrazine groups is 1. The first-order valence-electron chi connectivity index (χ1n) is 31.6. The van der Waals surface area contributed by atoms with E-state index in [2.05, 4.69) is 77.3 Å². The fraction of sp³-hybridized carbons (Fsp3) is 0.712. The van der Waals surface area contributed by atoms with Crippen molar-refractivity contribution in [3.63, 3.8) is 0 Å². The van der Waals surface area contributed by atoms with Gasteiger partial charge in [-0.05, 0) is 134 Å². The third-order valence-electron chi connectivity index (χ3n) is 14.8. The Hall–Kier alpha value is -7.53. The van der Waals surface area contributed by atoms with Crippen LogP contribution in [0.5, 0.6) is 0 Å². The highest BCUT2D eigenvalue weighted by atomic mass is 16.3. The molecule has 0 aliphatic carbocycles. The van der Waals surface area contributed by atoms with Gasteiger partial charge in [-0.3, -0.25) is 67.9 Å². The molecule has 33 nitrogen and oxygen atoms in total. The quantitative estimate of drug-likeness (QED) is 0.0148. The highest BCUT2D eigenvalue weighted by Gasteiger charge is 2.38. The molecular weight excluding hydrogens is 1200 g/mol. The van der Waals surface area contributed by atoms with Gasteiger partial charge in [-0.25, -0.2) is 5.84 Å². The molecule has 1 aliphatic rings. The van der Waals surface area contributed by atoms with E-state index in [1.54, 1.807) is 39.8 Å². The van der Waals surface area contributed by atoms with Crippen LogP contribution in [-0.2, 0) is 52.7 Å². The maximum atomic E-state index is 14.4. The number of hydrogen-bond donors (Lipinski definition) is 20. The van der Waals surface area contributed by atoms with Gasteiger partial charge in [0.25, 0.3) is 5.91 Å². The SMILES string of the molecule is CCC(C)CCCCC(=O)N[C@@H](CCN)C(=O)N[C@H](C(=O)N[C@@H](CCN)C(=O)N[C@H]1CCNC(=O)[C@H]([C@@H](C)O)NC(=O)[C@H](CCN)NC(=O)[C@H](CCN)NC(=O)[C@H](CC(C)C)NC(=O)[C@@H](CC(C)C)NC(=O)[C@H](CCN)NC1=O)[C@@H](C)O.NNC(=O)c1ccncc1. The molecule has 0 aromatic carbocycles. The molecule has 0 radical (unpaired) electrons. The minimum atomic E-state index is -1.69. The molecule has 1 aromatic heterocycles. The maximum Gasteiger partial charge on any atom is 0.265 e. The van der Waals surface area contributed by atoms with Crippen molar-refractivity contribution in [2.24, 2.45) is 52.3 Å². The summed E-state index contributed by atoms with van der Waals surface area (Å²) in [7, 11) is 0. The van der Waals surface area contributed by atoms with Crippen molar-refractivity contribution in [3.8, 4) is 0 Å². The molecule has 1 aromatic rings. The topological polar surface area (TPSA) is 559 Å². The van der Waals surface area contributed by atoms with Crippen LogP contribution in [0.3, 0.4) is 0 Å². The Bertz CT molecular complexity index is 2500. The van der Waals surface area contributed by atoms with Gasteiger partial charge in [-0.2, -0.15) is 0 Å². The number of carbonyl (C=O) groups excluding carboxylic acids is 12. The summed E-state index contributed by atoms with van der Waals surface area (Å²) < 4.78 is 0. The number of nitrogens with one attached hydrogen (secondary N) is 12. The van der Waals surface area contributed by atoms with Crippen molar-refractivity contribution in [1.82, 2.24) is 68.9 Å². The van der Waals surface area contributed by atoms with Crippen molar-refractivity contribution in [3.05, 3.63) is 30.1 Å². The van der Waals surface area contributed by atoms with Crippen LogP contribution in [0, 0.1) is 17.8 Å². The number of hydrogen-bond acceptors (Lipinski definition) is 21. The second kappa shape index (κ2) is 44.9. The average molecular weight is 1310 g/mol. The average Bonchev–Trinajstić information content (AvgIpc) is 2.93. The van der Waals surface area contributed by atoms with E-state index in [4.69, 9.17) is 34.5 Å². The van der Waals surface area contributed by atoms with Gasteiger partial charge in [0.1, 0.15) is 60.4 Å². The number of carbonyl (C=O) groups is 12. The zero-order valence-corrected chi connectivity index (χ0v) is 54.6. The lowest BCUT2D eigenvalue weighted by Gasteiger charge is -2.29. The highest BCUT2D eigenvalue weighted by molar-refractivity contribution is 5.99. The number of unbranched alkanes of at least 4 members (excludes halogenated alkanes) is 1. The lowest BCUT2D eigenvalue weighted by Crippen LogP contribution is -2.62. The molecular formula is C59H107N19O14. The smallest absolute Gasteiger partial charge is 0.265 e. The predicted molar refractivity (Wildman–Crippen MR) is 341 cm³/mol. The Balaban J connectivity index is 0.00000383. The van der Waals surface area contributed by atoms with Gasteiger partial charge in [0.15, 0.2) is 0 Å². The lowest BCUT2D eigenvalue weighted by molar-refractivity contribution is -0.137. The predicted octanol–water partition coefficient (Wildman–Crippen LogP) is -5.76. The zero-order chi connectivity index (χ0) is 69.6. The number of amides is 12. The second-order valence-corrected chi connectivity index (χ2v) is 23.7. The summed E-state index contributed by atoms with van der Waals surface area (Å²) in [6.45, 7) is 12.6. The molecule has 2 rings (SSSR count). The zero-order valence-electron chi connectivity index (χ0n) is 54.6. The molecule has 0 spiro atoms. The Kier molecular flexibility index (Phi) is 40.2. The van der Waals surface area contributed by atoms with E-state index >= 15 is 0 Å². The minimum absolute atomic E-state index is 0.0131. The second-order valence-electron chi connectivity index (χ2n) is 23.7. The molecule has 13 atom stereocenters. The van der Waals surface area contributed by atoms with Gasteiger partial charge in [0.05, 0.1) is 12.2 Å². The molecule has 1 fully saturated rings. The van der Waals surface area contributed by atoms with Crippen LogP contribution in [0.25, 0.3) is 0 Å². The third-order valence-corrected chi connectivity index (χ3v) is 14.8. The first kappa shape index (κ1) is 82.5. The molecule has 1 saturated heterocycles. The number of aromatic nitrogens is 1. The summed E-state index contributed by atoms with van der Waals surface area (Å²) in [6, 6.07) is -11.3. The van der Waals surface area contributed by atoms with Crippen molar-refractivity contribution in [2.45, 2.75) is 211 Å². The Morgan fingerprint density at radius 2 is 1.02 bits per heavy atom. The Morgan fingerprint density at radius 3 is 1.46 bits per heavy atom. The fourth-order valence-corrected chi connectivity index (χ4v) is 9.35. The van der Waals surface area contributed by atoms with E-state index < -0.39 is 151 Å². The monoisotopic (exact) mass is 1310 g/mol. The molecule has 1 aliphatic heterocycles. The van der Waals surface area contributed by atoms with Crippen LogP contribution in [0.1, 0.15) is 149 Å². The van der Waals surface area contributed by atoms with Gasteiger partial charge in [-0.15, -0.1) is 0 Å². The molecule has 92 heavy (non-hydrogen) atoms. The summed E-state index contributed by atoms with van der Waals surface area (Å²) in [4.78, 5) is 167. The normalized spacial score (nSPS) is 21.8. The van der Waals surface area contributed by atoms with E-state index in [0.717, 1.165) is 19.3 Å². The van der Waals surface area contributed by atoms with E-state index in [-0.39, 0.29) is 102 Å². The molecule has 522 valence electrons. The summed E-state index contributed by atoms with van der Waals surface area (Å²) in [6.07, 6.45) is 2.30. The van der Waals surface area contributed by atoms with Gasteiger partial charge < -0.3 is 97.4 Å². The minimum Gasteiger partial charge on any atom is -0.391 e. The number of rotatable bonds is 30. The standard InChI is InChI=1S/C53H100N16O13.C6H7N3O/c1-9-30(6)12-10-11-13-41(72)60-33(14-20-54)48(77)69-43(32(8)71)53(82)65-36(17-23-57)45(74)64-38-19-25-59-52(81)42(31(7)70)68-49(78)37(18-24-58)62-44(73)34(15-21-55)63-50(79)39(26-28(2)3)67-51(80)40(27-29(4)5)66-46(75)35(16-22-56)61-47(38)76;7-9-6(10)5-1-3-8-4-2-5/h28-40,42-43,70-71H,9-27,54-58H2,1-8H3,(H,59,81)(H,60,72)(H,61,76)(H,62,73)(H,63,79)(H,64,74)(H,65,82)(H,66,75)(H,67,80)(H,68,78)(H,69,77);1-4H,7H2,(H,9,10)/t30?,31-,32-,33+,34+,35+,36+,37+,38+,39+,40-,42+,43+;/m1./s1. The molecule has 1 unspecified atom stereocenters. The first-order valence-corrected chi connectivity index (χ1v) is 31.6. The number of nitrogens with two attached hydrogens (primary N) is 6. The van der Waals surface area contributed by atoms with Gasteiger partial charge in [-0.1, -0.05) is 60.8 Å². The highest BCUT2D eigenvalue weighted by Crippen LogP contribution is 2.14. The van der Waals surface area contributed by atoms with Gasteiger partial charge in [0.2, 0.25) is 65.0 Å². The number of pyridine rings is 1. The summed E-state index contributed by atoms with van der Waals surface area (Å²) >= 11 is 0. The number of nitrogen functional groups attached to an aromatic ring is 1. The van der Waals surface area contributed by atoms with E-state index in [1.165, 1.54) is 26.2 Å². The van der Waals surface area contributed by atoms with Gasteiger partial charge in [0, 0.05) is 30.9 Å². The van der Waals surface area contributed by atoms with E-state index in [0.29, 0.717) is 17.9 Å². The van der Waals surface area contributed by atoms with E-state index in [9.17, 15) is 67.7 Å². The van der Waals surface area contributed by atoms with Crippen LogP contribution < -0.4 is 98.4 Å². The number of aliphatic hydroxyl groups excluding tert-OH is 2. The number of nitrogens with zero attached hydrogens (tertiary/aromatic N) is 1. The van der Waals surface area contributed by atoms with Crippen LogP contribution in [-0.4, -0.2) is 198 Å². The largest absolute Gasteiger partial charge is 0.391 e. The van der Waals surface area contributed by atoms with Crippen molar-refractivity contribution in [2.75, 3.05) is 39.3 Å². The Labute approximate surface area is 538 Å². The van der Waals surface area contributed by atoms with Crippen LogP contribution in [0.15, 0.2) is 24.5 Å². The molecule has 12 amide bonds. The van der Waals surface area contributed by atoms with E-state index in [1.807, 2.05) is 5.43 Å². The van der Waals surface area contributed by atoms with Crippen LogP contribution in [0.2, 0.25) is 0 Å².